The van der Waals surface area contributed by atoms with Crippen molar-refractivity contribution in [1.82, 2.24) is 15.3 Å². The smallest absolute Gasteiger partial charge is 0.405 e. The Kier molecular flexibility index (Phi) is 3.11. The van der Waals surface area contributed by atoms with Crippen molar-refractivity contribution >= 4 is 17.4 Å². The second-order valence-corrected chi connectivity index (χ2v) is 3.96. The number of carbonyl (C=O) groups is 1. The molecule has 0 radical (unpaired) electrons. The van der Waals surface area contributed by atoms with E-state index in [1.807, 2.05) is 6.07 Å². The van der Waals surface area contributed by atoms with Crippen LogP contribution in [-0.4, -0.2) is 21.2 Å². The van der Waals surface area contributed by atoms with Crippen molar-refractivity contribution in [3.8, 4) is 0 Å². The Morgan fingerprint density at radius 2 is 2.38 bits per heavy atom. The van der Waals surface area contributed by atoms with Gasteiger partial charge < -0.3 is 10.4 Å². The molecule has 0 aromatic carbocycles. The average Bonchev–Trinajstić information content (AvgIpc) is 2.80. The van der Waals surface area contributed by atoms with Gasteiger partial charge in [-0.05, 0) is 12.1 Å². The summed E-state index contributed by atoms with van der Waals surface area (Å²) in [5.41, 5.74) is 2.32. The summed E-state index contributed by atoms with van der Waals surface area (Å²) in [6.07, 6.45) is 2.19. The van der Waals surface area contributed by atoms with E-state index < -0.39 is 12.1 Å². The first-order valence-corrected chi connectivity index (χ1v) is 5.44. The molecule has 1 atom stereocenters. The highest BCUT2D eigenvalue weighted by atomic mass is 32.1. The van der Waals surface area contributed by atoms with E-state index in [9.17, 15) is 4.79 Å². The summed E-state index contributed by atoms with van der Waals surface area (Å²) in [5.74, 6) is 0. The number of rotatable bonds is 3. The van der Waals surface area contributed by atoms with Gasteiger partial charge in [-0.2, -0.15) is 0 Å². The summed E-state index contributed by atoms with van der Waals surface area (Å²) in [6, 6.07) is 4.93. The standard InChI is InChI=1S/C10H9N3O2S/c14-10(15)13-9(8-5-11-6-16-8)7-3-1-2-4-12-7/h1-6,9,13H,(H,14,15). The summed E-state index contributed by atoms with van der Waals surface area (Å²) >= 11 is 1.39. The minimum Gasteiger partial charge on any atom is -0.465 e. The van der Waals surface area contributed by atoms with E-state index in [0.717, 1.165) is 4.88 Å². The van der Waals surface area contributed by atoms with Crippen molar-refractivity contribution in [1.29, 1.82) is 0 Å². The van der Waals surface area contributed by atoms with Crippen molar-refractivity contribution in [2.45, 2.75) is 6.04 Å². The minimum atomic E-state index is -1.08. The average molecular weight is 235 g/mol. The van der Waals surface area contributed by atoms with Crippen molar-refractivity contribution < 1.29 is 9.90 Å². The van der Waals surface area contributed by atoms with E-state index in [0.29, 0.717) is 5.69 Å². The Balaban J connectivity index is 2.32. The highest BCUT2D eigenvalue weighted by Gasteiger charge is 2.18. The van der Waals surface area contributed by atoms with E-state index in [1.165, 1.54) is 11.3 Å². The van der Waals surface area contributed by atoms with E-state index in [2.05, 4.69) is 15.3 Å². The molecule has 2 heterocycles. The number of thiazole rings is 1. The van der Waals surface area contributed by atoms with Gasteiger partial charge in [0.25, 0.3) is 0 Å². The summed E-state index contributed by atoms with van der Waals surface area (Å²) in [4.78, 5) is 19.6. The highest BCUT2D eigenvalue weighted by molar-refractivity contribution is 7.09. The molecule has 0 aliphatic rings. The molecule has 2 aromatic heterocycles. The van der Waals surface area contributed by atoms with Crippen LogP contribution in [0.2, 0.25) is 0 Å². The highest BCUT2D eigenvalue weighted by Crippen LogP contribution is 2.22. The first-order valence-electron chi connectivity index (χ1n) is 4.56. The summed E-state index contributed by atoms with van der Waals surface area (Å²) in [7, 11) is 0. The molecule has 16 heavy (non-hydrogen) atoms. The molecule has 0 spiro atoms. The van der Waals surface area contributed by atoms with Crippen LogP contribution < -0.4 is 5.32 Å². The van der Waals surface area contributed by atoms with Crippen LogP contribution in [0.3, 0.4) is 0 Å². The Hall–Kier alpha value is -1.95. The van der Waals surface area contributed by atoms with Crippen LogP contribution >= 0.6 is 11.3 Å². The number of carboxylic acid groups (broad SMARTS) is 1. The molecule has 2 rings (SSSR count). The lowest BCUT2D eigenvalue weighted by molar-refractivity contribution is 0.191. The zero-order valence-corrected chi connectivity index (χ0v) is 9.02. The van der Waals surface area contributed by atoms with Crippen LogP contribution in [0.25, 0.3) is 0 Å². The molecule has 0 aliphatic heterocycles. The van der Waals surface area contributed by atoms with Crippen LogP contribution in [0.4, 0.5) is 4.79 Å². The fourth-order valence-corrected chi connectivity index (χ4v) is 2.01. The molecule has 1 unspecified atom stereocenters. The van der Waals surface area contributed by atoms with Crippen LogP contribution in [0.5, 0.6) is 0 Å². The first-order chi connectivity index (χ1) is 7.77. The molecule has 5 nitrogen and oxygen atoms in total. The number of aromatic nitrogens is 2. The number of nitrogens with one attached hydrogen (secondary N) is 1. The number of pyridine rings is 1. The zero-order valence-electron chi connectivity index (χ0n) is 8.20. The summed E-state index contributed by atoms with van der Waals surface area (Å²) in [6.45, 7) is 0. The molecule has 0 fully saturated rings. The van der Waals surface area contributed by atoms with Crippen molar-refractivity contribution in [3.05, 3.63) is 46.7 Å². The van der Waals surface area contributed by atoms with Gasteiger partial charge in [0.1, 0.15) is 6.04 Å². The summed E-state index contributed by atoms with van der Waals surface area (Å²) in [5, 5.41) is 11.2. The molecule has 1 amide bonds. The van der Waals surface area contributed by atoms with Crippen LogP contribution in [-0.2, 0) is 0 Å². The summed E-state index contributed by atoms with van der Waals surface area (Å²) < 4.78 is 0. The predicted molar refractivity (Wildman–Crippen MR) is 59.4 cm³/mol. The lowest BCUT2D eigenvalue weighted by Gasteiger charge is -2.13. The molecule has 6 heteroatoms. The molecule has 0 saturated heterocycles. The Labute approximate surface area is 95.8 Å². The van der Waals surface area contributed by atoms with Gasteiger partial charge in [0.2, 0.25) is 0 Å². The van der Waals surface area contributed by atoms with E-state index in [4.69, 9.17) is 5.11 Å². The van der Waals surface area contributed by atoms with Crippen LogP contribution in [0.1, 0.15) is 16.6 Å². The molecular formula is C10H9N3O2S. The monoisotopic (exact) mass is 235 g/mol. The van der Waals surface area contributed by atoms with Gasteiger partial charge in [0.15, 0.2) is 0 Å². The lowest BCUT2D eigenvalue weighted by Crippen LogP contribution is -2.27. The van der Waals surface area contributed by atoms with Gasteiger partial charge >= 0.3 is 6.09 Å². The molecule has 0 saturated carbocycles. The quantitative estimate of drug-likeness (QED) is 0.851. The molecule has 2 aromatic rings. The van der Waals surface area contributed by atoms with Gasteiger partial charge in [-0.3, -0.25) is 9.97 Å². The number of hydrogen-bond donors (Lipinski definition) is 2. The molecule has 2 N–H and O–H groups in total. The van der Waals surface area contributed by atoms with E-state index in [1.54, 1.807) is 30.0 Å². The molecular weight excluding hydrogens is 226 g/mol. The van der Waals surface area contributed by atoms with Gasteiger partial charge in [0, 0.05) is 12.4 Å². The maximum absolute atomic E-state index is 10.7. The number of amides is 1. The zero-order chi connectivity index (χ0) is 11.4. The van der Waals surface area contributed by atoms with Gasteiger partial charge in [-0.1, -0.05) is 6.07 Å². The molecule has 82 valence electrons. The third kappa shape index (κ3) is 2.34. The second-order valence-electron chi connectivity index (χ2n) is 3.04. The Morgan fingerprint density at radius 3 is 2.94 bits per heavy atom. The van der Waals surface area contributed by atoms with Crippen LogP contribution in [0.15, 0.2) is 36.1 Å². The SMILES string of the molecule is O=C(O)NC(c1ccccn1)c1cncs1. The minimum absolute atomic E-state index is 0.453. The second kappa shape index (κ2) is 4.71. The van der Waals surface area contributed by atoms with E-state index >= 15 is 0 Å². The van der Waals surface area contributed by atoms with Crippen LogP contribution in [0, 0.1) is 0 Å². The van der Waals surface area contributed by atoms with Gasteiger partial charge in [-0.15, -0.1) is 11.3 Å². The topological polar surface area (TPSA) is 75.1 Å². The van der Waals surface area contributed by atoms with E-state index in [-0.39, 0.29) is 0 Å². The Bertz CT molecular complexity index is 458. The first kappa shape index (κ1) is 10.6. The fourth-order valence-electron chi connectivity index (χ4n) is 1.33. The number of hydrogen-bond acceptors (Lipinski definition) is 4. The maximum Gasteiger partial charge on any atom is 0.405 e. The third-order valence-corrected chi connectivity index (χ3v) is 2.83. The van der Waals surface area contributed by atoms with Crippen molar-refractivity contribution in [2.75, 3.05) is 0 Å². The molecule has 0 aliphatic carbocycles. The Morgan fingerprint density at radius 1 is 1.50 bits per heavy atom. The molecule has 0 bridgehead atoms. The third-order valence-electron chi connectivity index (χ3n) is 1.99. The van der Waals surface area contributed by atoms with Gasteiger partial charge in [-0.25, -0.2) is 4.79 Å². The number of nitrogens with zero attached hydrogens (tertiary/aromatic N) is 2. The predicted octanol–water partition coefficient (Wildman–Crippen LogP) is 1.90. The fraction of sp³-hybridized carbons (Fsp3) is 0.100. The van der Waals surface area contributed by atoms with Crippen molar-refractivity contribution in [3.63, 3.8) is 0 Å². The maximum atomic E-state index is 10.7. The van der Waals surface area contributed by atoms with Crippen molar-refractivity contribution in [2.24, 2.45) is 0 Å². The lowest BCUT2D eigenvalue weighted by atomic mass is 10.1. The largest absolute Gasteiger partial charge is 0.465 e. The normalized spacial score (nSPS) is 12.0. The van der Waals surface area contributed by atoms with Gasteiger partial charge in [0.05, 0.1) is 16.1 Å².